The molecule has 0 aliphatic carbocycles. The maximum atomic E-state index is 13.5. The van der Waals surface area contributed by atoms with Crippen LogP contribution >= 0.6 is 0 Å². The fraction of sp³-hybridized carbons (Fsp3) is 0.111. The van der Waals surface area contributed by atoms with Crippen LogP contribution in [0.1, 0.15) is 0 Å². The Bertz CT molecular complexity index is 846. The third-order valence-corrected chi connectivity index (χ3v) is 3.67. The SMILES string of the molecule is COc1ccc2cc(-c3cc(F)ccc3N)cc(OC)c2c1. The van der Waals surface area contributed by atoms with E-state index in [2.05, 4.69) is 0 Å². The van der Waals surface area contributed by atoms with Crippen LogP contribution in [0, 0.1) is 5.82 Å². The highest BCUT2D eigenvalue weighted by Gasteiger charge is 2.10. The second-order valence-electron chi connectivity index (χ2n) is 5.00. The maximum absolute atomic E-state index is 13.5. The molecule has 0 saturated carbocycles. The van der Waals surface area contributed by atoms with E-state index in [0.29, 0.717) is 17.0 Å². The van der Waals surface area contributed by atoms with Gasteiger partial charge in [0.1, 0.15) is 17.3 Å². The van der Waals surface area contributed by atoms with E-state index >= 15 is 0 Å². The molecular weight excluding hydrogens is 281 g/mol. The third kappa shape index (κ3) is 2.44. The monoisotopic (exact) mass is 297 g/mol. The first-order chi connectivity index (χ1) is 10.6. The first-order valence-corrected chi connectivity index (χ1v) is 6.83. The molecule has 0 spiro atoms. The number of halogens is 1. The van der Waals surface area contributed by atoms with Gasteiger partial charge < -0.3 is 15.2 Å². The second kappa shape index (κ2) is 5.56. The minimum atomic E-state index is -0.321. The molecule has 0 atom stereocenters. The number of ether oxygens (including phenoxy) is 2. The average Bonchev–Trinajstić information content (AvgIpc) is 2.55. The molecule has 0 saturated heterocycles. The maximum Gasteiger partial charge on any atom is 0.127 e. The van der Waals surface area contributed by atoms with E-state index in [9.17, 15) is 4.39 Å². The Kier molecular flexibility index (Phi) is 3.59. The quantitative estimate of drug-likeness (QED) is 0.735. The summed E-state index contributed by atoms with van der Waals surface area (Å²) in [6, 6.07) is 13.9. The van der Waals surface area contributed by atoms with E-state index in [0.717, 1.165) is 22.1 Å². The molecule has 4 heteroatoms. The molecule has 0 fully saturated rings. The zero-order valence-electron chi connectivity index (χ0n) is 12.4. The Balaban J connectivity index is 2.26. The molecule has 0 bridgehead atoms. The van der Waals surface area contributed by atoms with Crippen molar-refractivity contribution in [1.29, 1.82) is 0 Å². The van der Waals surface area contributed by atoms with Crippen molar-refractivity contribution in [2.45, 2.75) is 0 Å². The van der Waals surface area contributed by atoms with Crippen LogP contribution in [0.25, 0.3) is 21.9 Å². The van der Waals surface area contributed by atoms with Crippen molar-refractivity contribution < 1.29 is 13.9 Å². The van der Waals surface area contributed by atoms with Crippen LogP contribution in [-0.4, -0.2) is 14.2 Å². The first kappa shape index (κ1) is 14.2. The highest BCUT2D eigenvalue weighted by atomic mass is 19.1. The van der Waals surface area contributed by atoms with Crippen LogP contribution < -0.4 is 15.2 Å². The fourth-order valence-electron chi connectivity index (χ4n) is 2.53. The van der Waals surface area contributed by atoms with Crippen molar-refractivity contribution >= 4 is 16.5 Å². The summed E-state index contributed by atoms with van der Waals surface area (Å²) in [7, 11) is 3.22. The molecule has 22 heavy (non-hydrogen) atoms. The van der Waals surface area contributed by atoms with E-state index in [1.54, 1.807) is 20.3 Å². The van der Waals surface area contributed by atoms with E-state index in [-0.39, 0.29) is 5.82 Å². The molecule has 0 unspecified atom stereocenters. The first-order valence-electron chi connectivity index (χ1n) is 6.83. The van der Waals surface area contributed by atoms with Gasteiger partial charge in [0.05, 0.1) is 14.2 Å². The molecule has 0 aliphatic heterocycles. The molecule has 2 N–H and O–H groups in total. The van der Waals surface area contributed by atoms with Crippen molar-refractivity contribution in [3.05, 3.63) is 54.3 Å². The lowest BCUT2D eigenvalue weighted by Gasteiger charge is -2.12. The number of hydrogen-bond donors (Lipinski definition) is 1. The van der Waals surface area contributed by atoms with Gasteiger partial charge in [0.15, 0.2) is 0 Å². The van der Waals surface area contributed by atoms with Gasteiger partial charge in [-0.2, -0.15) is 0 Å². The number of anilines is 1. The number of methoxy groups -OCH3 is 2. The number of nitrogens with two attached hydrogens (primary N) is 1. The van der Waals surface area contributed by atoms with Crippen LogP contribution in [0.4, 0.5) is 10.1 Å². The van der Waals surface area contributed by atoms with Gasteiger partial charge in [0.2, 0.25) is 0 Å². The Morgan fingerprint density at radius 1 is 0.909 bits per heavy atom. The number of rotatable bonds is 3. The summed E-state index contributed by atoms with van der Waals surface area (Å²) in [6.07, 6.45) is 0. The van der Waals surface area contributed by atoms with Crippen molar-refractivity contribution in [3.8, 4) is 22.6 Å². The van der Waals surface area contributed by atoms with Crippen LogP contribution in [0.15, 0.2) is 48.5 Å². The van der Waals surface area contributed by atoms with Crippen molar-refractivity contribution in [3.63, 3.8) is 0 Å². The summed E-state index contributed by atoms with van der Waals surface area (Å²) < 4.78 is 24.2. The number of nitrogen functional groups attached to an aromatic ring is 1. The minimum Gasteiger partial charge on any atom is -0.497 e. The molecule has 3 rings (SSSR count). The Hall–Kier alpha value is -2.75. The van der Waals surface area contributed by atoms with Gasteiger partial charge in [0, 0.05) is 16.6 Å². The molecule has 3 aromatic carbocycles. The van der Waals surface area contributed by atoms with Crippen molar-refractivity contribution in [2.75, 3.05) is 20.0 Å². The van der Waals surface area contributed by atoms with E-state index in [1.165, 1.54) is 12.1 Å². The molecule has 0 radical (unpaired) electrons. The Morgan fingerprint density at radius 2 is 1.73 bits per heavy atom. The summed E-state index contributed by atoms with van der Waals surface area (Å²) in [5.74, 6) is 1.12. The Morgan fingerprint density at radius 3 is 2.45 bits per heavy atom. The predicted molar refractivity (Wildman–Crippen MR) is 86.9 cm³/mol. The van der Waals surface area contributed by atoms with Crippen molar-refractivity contribution in [2.24, 2.45) is 0 Å². The smallest absolute Gasteiger partial charge is 0.127 e. The van der Waals surface area contributed by atoms with Gasteiger partial charge in [-0.15, -0.1) is 0 Å². The molecule has 0 aliphatic rings. The van der Waals surface area contributed by atoms with Gasteiger partial charge in [0.25, 0.3) is 0 Å². The van der Waals surface area contributed by atoms with Gasteiger partial charge >= 0.3 is 0 Å². The highest BCUT2D eigenvalue weighted by molar-refractivity contribution is 5.95. The molecule has 112 valence electrons. The molecular formula is C18H16FNO2. The summed E-state index contributed by atoms with van der Waals surface area (Å²) in [4.78, 5) is 0. The lowest BCUT2D eigenvalue weighted by atomic mass is 9.99. The van der Waals surface area contributed by atoms with E-state index < -0.39 is 0 Å². The topological polar surface area (TPSA) is 44.5 Å². The largest absolute Gasteiger partial charge is 0.497 e. The number of benzene rings is 3. The van der Waals surface area contributed by atoms with Gasteiger partial charge in [-0.25, -0.2) is 4.39 Å². The molecule has 0 heterocycles. The molecule has 0 amide bonds. The van der Waals surface area contributed by atoms with Gasteiger partial charge in [-0.3, -0.25) is 0 Å². The summed E-state index contributed by atoms with van der Waals surface area (Å²) in [5.41, 5.74) is 7.96. The predicted octanol–water partition coefficient (Wildman–Crippen LogP) is 4.25. The van der Waals surface area contributed by atoms with E-state index in [1.807, 2.05) is 30.3 Å². The third-order valence-electron chi connectivity index (χ3n) is 3.67. The lowest BCUT2D eigenvalue weighted by Crippen LogP contribution is -1.93. The molecule has 0 aromatic heterocycles. The minimum absolute atomic E-state index is 0.321. The van der Waals surface area contributed by atoms with Crippen LogP contribution in [-0.2, 0) is 0 Å². The van der Waals surface area contributed by atoms with Crippen LogP contribution in [0.3, 0.4) is 0 Å². The zero-order chi connectivity index (χ0) is 15.7. The average molecular weight is 297 g/mol. The van der Waals surface area contributed by atoms with Gasteiger partial charge in [-0.05, 0) is 53.4 Å². The molecule has 3 nitrogen and oxygen atoms in total. The highest BCUT2D eigenvalue weighted by Crippen LogP contribution is 2.36. The fourth-order valence-corrected chi connectivity index (χ4v) is 2.53. The zero-order valence-corrected chi connectivity index (χ0v) is 12.4. The van der Waals surface area contributed by atoms with Crippen LogP contribution in [0.2, 0.25) is 0 Å². The number of hydrogen-bond acceptors (Lipinski definition) is 3. The standard InChI is InChI=1S/C18H16FNO2/c1-21-14-5-3-11-7-12(8-18(22-2)16(11)10-14)15-9-13(19)4-6-17(15)20/h3-10H,20H2,1-2H3. The van der Waals surface area contributed by atoms with Crippen molar-refractivity contribution in [1.82, 2.24) is 0 Å². The van der Waals surface area contributed by atoms with E-state index in [4.69, 9.17) is 15.2 Å². The normalized spacial score (nSPS) is 10.7. The second-order valence-corrected chi connectivity index (χ2v) is 5.00. The lowest BCUT2D eigenvalue weighted by molar-refractivity contribution is 0.412. The summed E-state index contributed by atoms with van der Waals surface area (Å²) >= 11 is 0. The summed E-state index contributed by atoms with van der Waals surface area (Å²) in [5, 5.41) is 1.90. The molecule has 3 aromatic rings. The summed E-state index contributed by atoms with van der Waals surface area (Å²) in [6.45, 7) is 0. The number of fused-ring (bicyclic) bond motifs is 1. The Labute approximate surface area is 128 Å². The van der Waals surface area contributed by atoms with Gasteiger partial charge in [-0.1, -0.05) is 6.07 Å². The van der Waals surface area contributed by atoms with Crippen LogP contribution in [0.5, 0.6) is 11.5 Å².